The van der Waals surface area contributed by atoms with Gasteiger partial charge in [0.1, 0.15) is 11.5 Å². The number of nitrogens with one attached hydrogen (secondary N) is 2. The maximum atomic E-state index is 13.5. The van der Waals surface area contributed by atoms with Gasteiger partial charge in [-0.15, -0.1) is 0 Å². The van der Waals surface area contributed by atoms with E-state index in [4.69, 9.17) is 9.47 Å². The number of hydrogen-bond donors (Lipinski definition) is 5. The highest BCUT2D eigenvalue weighted by atomic mass is 16.5. The number of pyridine rings is 1. The van der Waals surface area contributed by atoms with Crippen molar-refractivity contribution in [3.05, 3.63) is 106 Å². The molecular weight excluding hydrogens is 598 g/mol. The van der Waals surface area contributed by atoms with Crippen molar-refractivity contribution >= 4 is 16.9 Å². The van der Waals surface area contributed by atoms with Gasteiger partial charge in [-0.05, 0) is 100 Å². The quantitative estimate of drug-likeness (QED) is 0.0950. The van der Waals surface area contributed by atoms with Gasteiger partial charge in [0, 0.05) is 23.6 Å². The molecule has 0 radical (unpaired) electrons. The third kappa shape index (κ3) is 8.58. The molecule has 0 amide bonds. The van der Waals surface area contributed by atoms with Gasteiger partial charge in [0.2, 0.25) is 11.2 Å². The number of aromatic amines is 1. The second kappa shape index (κ2) is 16.1. The van der Waals surface area contributed by atoms with E-state index in [0.717, 1.165) is 45.2 Å². The van der Waals surface area contributed by atoms with Crippen molar-refractivity contribution in [2.45, 2.75) is 43.8 Å². The Kier molecular flexibility index (Phi) is 11.7. The summed E-state index contributed by atoms with van der Waals surface area (Å²) < 4.78 is 11.8. The number of carbonyl (C=O) groups excluding carboxylic acids is 1. The van der Waals surface area contributed by atoms with Crippen molar-refractivity contribution in [3.8, 4) is 11.5 Å². The number of aliphatic hydroxyl groups is 2. The zero-order chi connectivity index (χ0) is 33.2. The lowest BCUT2D eigenvalue weighted by Crippen LogP contribution is -2.40. The molecule has 1 aromatic heterocycles. The molecule has 10 nitrogen and oxygen atoms in total. The monoisotopic (exact) mass is 643 g/mol. The zero-order valence-electron chi connectivity index (χ0n) is 26.9. The van der Waals surface area contributed by atoms with Crippen LogP contribution in [-0.4, -0.2) is 77.6 Å². The molecule has 2 heterocycles. The van der Waals surface area contributed by atoms with E-state index >= 15 is 0 Å². The van der Waals surface area contributed by atoms with Gasteiger partial charge in [-0.2, -0.15) is 0 Å². The first-order valence-corrected chi connectivity index (χ1v) is 16.4. The molecule has 5 rings (SSSR count). The first-order valence-electron chi connectivity index (χ1n) is 16.4. The number of H-pyrrole nitrogens is 1. The predicted octanol–water partition coefficient (Wildman–Crippen LogP) is 4.23. The number of carbonyl (C=O) groups is 1. The van der Waals surface area contributed by atoms with Gasteiger partial charge in [-0.25, -0.2) is 4.79 Å². The van der Waals surface area contributed by atoms with Crippen molar-refractivity contribution in [2.24, 2.45) is 5.92 Å². The van der Waals surface area contributed by atoms with Crippen LogP contribution >= 0.6 is 0 Å². The number of unbranched alkanes of at least 4 members (excludes halogenated alkanes) is 2. The number of phenols is 1. The van der Waals surface area contributed by atoms with Crippen LogP contribution in [0, 0.1) is 5.92 Å². The van der Waals surface area contributed by atoms with E-state index in [-0.39, 0.29) is 23.8 Å². The Balaban J connectivity index is 1.09. The Hall–Kier alpha value is -4.22. The number of aliphatic hydroxyl groups excluding tert-OH is 1. The highest BCUT2D eigenvalue weighted by Gasteiger charge is 2.42. The maximum Gasteiger partial charge on any atom is 0.347 e. The lowest BCUT2D eigenvalue weighted by Gasteiger charge is -2.31. The number of esters is 1. The van der Waals surface area contributed by atoms with Gasteiger partial charge in [-0.1, -0.05) is 48.5 Å². The summed E-state index contributed by atoms with van der Waals surface area (Å²) in [6.45, 7) is 3.70. The largest absolute Gasteiger partial charge is 0.506 e. The van der Waals surface area contributed by atoms with E-state index in [1.807, 2.05) is 12.1 Å². The number of nitrogens with zero attached hydrogens (tertiary/aromatic N) is 1. The molecule has 0 aliphatic carbocycles. The number of ether oxygens (including phenoxy) is 2. The molecule has 5 N–H and O–H groups in total. The van der Waals surface area contributed by atoms with Crippen molar-refractivity contribution in [2.75, 3.05) is 46.4 Å². The number of phenolic OH excluding ortho intramolecular Hbond substituents is 1. The summed E-state index contributed by atoms with van der Waals surface area (Å²) in [6.07, 6.45) is 3.67. The summed E-state index contributed by atoms with van der Waals surface area (Å²) in [4.78, 5) is 30.0. The van der Waals surface area contributed by atoms with Gasteiger partial charge in [-0.3, -0.25) is 4.79 Å². The van der Waals surface area contributed by atoms with E-state index in [2.05, 4.69) is 22.2 Å². The molecule has 0 saturated carbocycles. The topological polar surface area (TPSA) is 144 Å². The number of fused-ring (bicyclic) bond motifs is 1. The summed E-state index contributed by atoms with van der Waals surface area (Å²) in [5.41, 5.74) is -0.511. The minimum atomic E-state index is -1.97. The lowest BCUT2D eigenvalue weighted by molar-refractivity contribution is -0.164. The number of aromatic hydroxyl groups is 1. The van der Waals surface area contributed by atoms with Gasteiger partial charge >= 0.3 is 5.97 Å². The Labute approximate surface area is 275 Å². The van der Waals surface area contributed by atoms with E-state index in [1.165, 1.54) is 12.1 Å². The Morgan fingerprint density at radius 2 is 1.77 bits per heavy atom. The Bertz CT molecular complexity index is 1670. The zero-order valence-corrected chi connectivity index (χ0v) is 26.9. The molecule has 10 heteroatoms. The molecule has 0 bridgehead atoms. The van der Waals surface area contributed by atoms with Crippen molar-refractivity contribution in [1.82, 2.24) is 15.2 Å². The molecule has 3 aromatic carbocycles. The van der Waals surface area contributed by atoms with Crippen LogP contribution in [0.1, 0.15) is 54.9 Å². The summed E-state index contributed by atoms with van der Waals surface area (Å²) >= 11 is 0. The molecule has 1 fully saturated rings. The number of hydrogen-bond acceptors (Lipinski definition) is 9. The fourth-order valence-electron chi connectivity index (χ4n) is 6.04. The summed E-state index contributed by atoms with van der Waals surface area (Å²) in [5.74, 6) is 0.107. The highest BCUT2D eigenvalue weighted by Crippen LogP contribution is 2.34. The van der Waals surface area contributed by atoms with E-state index < -0.39 is 17.7 Å². The third-order valence-electron chi connectivity index (χ3n) is 8.90. The Morgan fingerprint density at radius 1 is 1.00 bits per heavy atom. The summed E-state index contributed by atoms with van der Waals surface area (Å²) in [6, 6.07) is 22.0. The van der Waals surface area contributed by atoms with E-state index in [1.54, 1.807) is 54.6 Å². The fourth-order valence-corrected chi connectivity index (χ4v) is 6.04. The number of likely N-dealkylation sites (tertiary alicyclic amines) is 1. The molecule has 1 aliphatic rings. The molecule has 47 heavy (non-hydrogen) atoms. The van der Waals surface area contributed by atoms with Crippen LogP contribution in [0.15, 0.2) is 83.7 Å². The number of piperidine rings is 1. The average molecular weight is 644 g/mol. The standard InChI is InChI=1S/C37H45N3O7/c1-40-20-17-26(18-21-40)25-47-36(44)37(45,27-9-4-2-5-10-27)28-11-8-12-29(23-28)46-22-7-3-6-19-38-24-33(42)30-13-15-32(41)35-31(30)14-16-34(43)39-35/h2,4-5,8-16,23,26,33,38,41-42,45H,3,6-7,17-22,24-25H2,1H3,(H,39,43)/t33-,37?/m0/s1. The second-order valence-corrected chi connectivity index (χ2v) is 12.4. The van der Waals surface area contributed by atoms with Gasteiger partial charge in [0.05, 0.1) is 24.8 Å². The van der Waals surface area contributed by atoms with E-state index in [0.29, 0.717) is 53.0 Å². The van der Waals surface area contributed by atoms with Crippen LogP contribution in [0.5, 0.6) is 11.5 Å². The molecule has 2 atom stereocenters. The average Bonchev–Trinajstić information content (AvgIpc) is 3.09. The fraction of sp³-hybridized carbons (Fsp3) is 0.405. The summed E-state index contributed by atoms with van der Waals surface area (Å²) in [5, 5.41) is 36.6. The first kappa shape index (κ1) is 34.1. The molecule has 1 unspecified atom stereocenters. The molecule has 250 valence electrons. The number of rotatable bonds is 15. The van der Waals surface area contributed by atoms with Crippen molar-refractivity contribution < 1.29 is 29.6 Å². The van der Waals surface area contributed by atoms with Gasteiger partial charge in [0.15, 0.2) is 0 Å². The highest BCUT2D eigenvalue weighted by molar-refractivity contribution is 5.87. The SMILES string of the molecule is CN1CCC(COC(=O)C(O)(c2ccccc2)c2cccc(OCCCCCNC[C@H](O)c3ccc(O)c4[nH]c(=O)ccc34)c2)CC1. The summed E-state index contributed by atoms with van der Waals surface area (Å²) in [7, 11) is 2.09. The minimum absolute atomic E-state index is 0.0386. The molecule has 4 aromatic rings. The molecule has 1 saturated heterocycles. The number of benzene rings is 3. The third-order valence-corrected chi connectivity index (χ3v) is 8.90. The molecular formula is C37H45N3O7. The lowest BCUT2D eigenvalue weighted by atomic mass is 9.86. The smallest absolute Gasteiger partial charge is 0.347 e. The maximum absolute atomic E-state index is 13.5. The van der Waals surface area contributed by atoms with Crippen LogP contribution in [0.3, 0.4) is 0 Å². The van der Waals surface area contributed by atoms with Crippen LogP contribution in [0.25, 0.3) is 10.9 Å². The van der Waals surface area contributed by atoms with Gasteiger partial charge in [0.25, 0.3) is 0 Å². The minimum Gasteiger partial charge on any atom is -0.506 e. The van der Waals surface area contributed by atoms with Gasteiger partial charge < -0.3 is 40.0 Å². The Morgan fingerprint density at radius 3 is 2.55 bits per heavy atom. The van der Waals surface area contributed by atoms with Crippen LogP contribution in [-0.2, 0) is 15.1 Å². The second-order valence-electron chi connectivity index (χ2n) is 12.4. The normalized spacial score (nSPS) is 16.1. The molecule has 1 aliphatic heterocycles. The van der Waals surface area contributed by atoms with Crippen LogP contribution in [0.4, 0.5) is 0 Å². The van der Waals surface area contributed by atoms with Crippen LogP contribution < -0.4 is 15.6 Å². The van der Waals surface area contributed by atoms with Crippen LogP contribution in [0.2, 0.25) is 0 Å². The van der Waals surface area contributed by atoms with Crippen molar-refractivity contribution in [3.63, 3.8) is 0 Å². The predicted molar refractivity (Wildman–Crippen MR) is 180 cm³/mol. The van der Waals surface area contributed by atoms with E-state index in [9.17, 15) is 24.9 Å². The first-order chi connectivity index (χ1) is 22.8. The number of aromatic nitrogens is 1. The van der Waals surface area contributed by atoms with Crippen molar-refractivity contribution in [1.29, 1.82) is 0 Å². The molecule has 0 spiro atoms.